The van der Waals surface area contributed by atoms with Crippen LogP contribution >= 0.6 is 0 Å². The Morgan fingerprint density at radius 2 is 2.43 bits per heavy atom. The van der Waals surface area contributed by atoms with Gasteiger partial charge in [0, 0.05) is 6.54 Å². The van der Waals surface area contributed by atoms with Crippen molar-refractivity contribution in [3.05, 3.63) is 0 Å². The molecule has 42 valence electrons. The molecule has 0 aromatic heterocycles. The molecule has 2 atom stereocenters. The Hall–Kier alpha value is -0.0800. The second-order valence-electron chi connectivity index (χ2n) is 2.41. The summed E-state index contributed by atoms with van der Waals surface area (Å²) >= 11 is 0. The zero-order valence-corrected chi connectivity index (χ0v) is 4.52. The highest BCUT2D eigenvalue weighted by molar-refractivity contribution is 5.01. The molecule has 0 aromatic rings. The minimum Gasteiger partial charge on any atom is -0.388 e. The maximum Gasteiger partial charge on any atom is 0.0799 e. The summed E-state index contributed by atoms with van der Waals surface area (Å²) in [5, 5.41) is 9.08. The predicted molar refractivity (Wildman–Crippen MR) is 27.8 cm³/mol. The van der Waals surface area contributed by atoms with Crippen molar-refractivity contribution < 1.29 is 5.11 Å². The SMILES string of the molecule is CC1CC1(O)CN. The fraction of sp³-hybridized carbons (Fsp3) is 1.00. The molecule has 3 N–H and O–H groups in total. The van der Waals surface area contributed by atoms with Crippen LogP contribution in [-0.2, 0) is 0 Å². The Balaban J connectivity index is 2.36. The van der Waals surface area contributed by atoms with Gasteiger partial charge in [0.2, 0.25) is 0 Å². The molecule has 2 nitrogen and oxygen atoms in total. The topological polar surface area (TPSA) is 46.2 Å². The first-order chi connectivity index (χ1) is 3.19. The van der Waals surface area contributed by atoms with Crippen LogP contribution in [0.4, 0.5) is 0 Å². The zero-order valence-electron chi connectivity index (χ0n) is 4.52. The van der Waals surface area contributed by atoms with Crippen LogP contribution in [0.3, 0.4) is 0 Å². The van der Waals surface area contributed by atoms with Crippen molar-refractivity contribution in [2.24, 2.45) is 11.7 Å². The van der Waals surface area contributed by atoms with Gasteiger partial charge in [0.1, 0.15) is 0 Å². The average Bonchev–Trinajstić information content (AvgIpc) is 2.18. The van der Waals surface area contributed by atoms with Crippen molar-refractivity contribution in [1.82, 2.24) is 0 Å². The van der Waals surface area contributed by atoms with E-state index >= 15 is 0 Å². The standard InChI is InChI=1S/C5H11NO/c1-4-2-5(4,7)3-6/h4,7H,2-3,6H2,1H3. The molecule has 1 aliphatic rings. The van der Waals surface area contributed by atoms with Gasteiger partial charge in [0.05, 0.1) is 5.60 Å². The van der Waals surface area contributed by atoms with E-state index in [4.69, 9.17) is 10.8 Å². The Morgan fingerprint density at radius 3 is 2.43 bits per heavy atom. The Morgan fingerprint density at radius 1 is 2.00 bits per heavy atom. The van der Waals surface area contributed by atoms with Crippen molar-refractivity contribution in [3.63, 3.8) is 0 Å². The summed E-state index contributed by atoms with van der Waals surface area (Å²) < 4.78 is 0. The van der Waals surface area contributed by atoms with Gasteiger partial charge in [0.15, 0.2) is 0 Å². The minimum atomic E-state index is -0.472. The molecule has 1 saturated carbocycles. The number of hydrogen-bond donors (Lipinski definition) is 2. The second-order valence-corrected chi connectivity index (χ2v) is 2.41. The van der Waals surface area contributed by atoms with E-state index < -0.39 is 5.60 Å². The van der Waals surface area contributed by atoms with Crippen LogP contribution in [0.25, 0.3) is 0 Å². The van der Waals surface area contributed by atoms with Gasteiger partial charge < -0.3 is 10.8 Å². The number of aliphatic hydroxyl groups is 1. The van der Waals surface area contributed by atoms with E-state index in [-0.39, 0.29) is 0 Å². The van der Waals surface area contributed by atoms with Gasteiger partial charge in [0.25, 0.3) is 0 Å². The molecule has 2 unspecified atom stereocenters. The molecule has 0 aliphatic heterocycles. The average molecular weight is 101 g/mol. The monoisotopic (exact) mass is 101 g/mol. The smallest absolute Gasteiger partial charge is 0.0799 e. The summed E-state index contributed by atoms with van der Waals surface area (Å²) in [4.78, 5) is 0. The molecule has 0 amide bonds. The first-order valence-electron chi connectivity index (χ1n) is 2.61. The first kappa shape index (κ1) is 5.06. The molecule has 0 saturated heterocycles. The van der Waals surface area contributed by atoms with E-state index in [9.17, 15) is 0 Å². The highest BCUT2D eigenvalue weighted by Crippen LogP contribution is 2.41. The Labute approximate surface area is 43.3 Å². The lowest BCUT2D eigenvalue weighted by Crippen LogP contribution is -2.22. The summed E-state index contributed by atoms with van der Waals surface area (Å²) in [7, 11) is 0. The maximum absolute atomic E-state index is 9.08. The fourth-order valence-electron chi connectivity index (χ4n) is 0.756. The molecule has 0 heterocycles. The van der Waals surface area contributed by atoms with Crippen molar-refractivity contribution in [1.29, 1.82) is 0 Å². The number of rotatable bonds is 1. The van der Waals surface area contributed by atoms with Crippen LogP contribution in [0, 0.1) is 5.92 Å². The van der Waals surface area contributed by atoms with Gasteiger partial charge >= 0.3 is 0 Å². The molecular formula is C5H11NO. The molecule has 0 radical (unpaired) electrons. The normalized spacial score (nSPS) is 49.3. The molecule has 0 bridgehead atoms. The molecular weight excluding hydrogens is 90.1 g/mol. The van der Waals surface area contributed by atoms with Gasteiger partial charge in [-0.15, -0.1) is 0 Å². The third kappa shape index (κ3) is 0.640. The van der Waals surface area contributed by atoms with E-state index in [1.807, 2.05) is 6.92 Å². The Kier molecular flexibility index (Phi) is 0.869. The number of hydrogen-bond acceptors (Lipinski definition) is 2. The summed E-state index contributed by atoms with van der Waals surface area (Å²) in [6, 6.07) is 0. The third-order valence-corrected chi connectivity index (χ3v) is 1.77. The van der Waals surface area contributed by atoms with E-state index in [0.717, 1.165) is 6.42 Å². The summed E-state index contributed by atoms with van der Waals surface area (Å²) in [6.07, 6.45) is 0.892. The molecule has 1 fully saturated rings. The van der Waals surface area contributed by atoms with Crippen LogP contribution in [0.1, 0.15) is 13.3 Å². The minimum absolute atomic E-state index is 0.425. The van der Waals surface area contributed by atoms with E-state index in [2.05, 4.69) is 0 Å². The van der Waals surface area contributed by atoms with Crippen molar-refractivity contribution in [3.8, 4) is 0 Å². The molecule has 0 aromatic carbocycles. The quantitative estimate of drug-likeness (QED) is 0.477. The lowest BCUT2D eigenvalue weighted by molar-refractivity contribution is 0.143. The van der Waals surface area contributed by atoms with Gasteiger partial charge in [-0.2, -0.15) is 0 Å². The highest BCUT2D eigenvalue weighted by Gasteiger charge is 2.47. The van der Waals surface area contributed by atoms with Gasteiger partial charge in [-0.1, -0.05) is 6.92 Å². The first-order valence-corrected chi connectivity index (χ1v) is 2.61. The van der Waals surface area contributed by atoms with Crippen LogP contribution in [0.15, 0.2) is 0 Å². The van der Waals surface area contributed by atoms with Crippen molar-refractivity contribution in [2.45, 2.75) is 18.9 Å². The lowest BCUT2D eigenvalue weighted by Gasteiger charge is -2.00. The largest absolute Gasteiger partial charge is 0.388 e. The highest BCUT2D eigenvalue weighted by atomic mass is 16.3. The summed E-state index contributed by atoms with van der Waals surface area (Å²) in [6.45, 7) is 2.43. The number of nitrogens with two attached hydrogens (primary N) is 1. The molecule has 2 heteroatoms. The van der Waals surface area contributed by atoms with Crippen molar-refractivity contribution >= 4 is 0 Å². The van der Waals surface area contributed by atoms with E-state index in [0.29, 0.717) is 12.5 Å². The zero-order chi connectivity index (χ0) is 5.49. The molecule has 1 aliphatic carbocycles. The van der Waals surface area contributed by atoms with E-state index in [1.165, 1.54) is 0 Å². The second kappa shape index (κ2) is 1.20. The van der Waals surface area contributed by atoms with Gasteiger partial charge in [-0.25, -0.2) is 0 Å². The summed E-state index contributed by atoms with van der Waals surface area (Å²) in [5.41, 5.74) is 4.74. The molecule has 7 heavy (non-hydrogen) atoms. The van der Waals surface area contributed by atoms with Gasteiger partial charge in [-0.05, 0) is 12.3 Å². The van der Waals surface area contributed by atoms with Crippen molar-refractivity contribution in [2.75, 3.05) is 6.54 Å². The predicted octanol–water partition coefficient (Wildman–Crippen LogP) is -0.284. The van der Waals surface area contributed by atoms with Crippen LogP contribution in [0.2, 0.25) is 0 Å². The molecule has 0 spiro atoms. The van der Waals surface area contributed by atoms with Crippen LogP contribution in [-0.4, -0.2) is 17.3 Å². The third-order valence-electron chi connectivity index (χ3n) is 1.77. The lowest BCUT2D eigenvalue weighted by atomic mass is 10.3. The fourth-order valence-corrected chi connectivity index (χ4v) is 0.756. The van der Waals surface area contributed by atoms with Crippen LogP contribution < -0.4 is 5.73 Å². The van der Waals surface area contributed by atoms with E-state index in [1.54, 1.807) is 0 Å². The van der Waals surface area contributed by atoms with Crippen LogP contribution in [0.5, 0.6) is 0 Å². The Bertz CT molecular complexity index is 80.1. The van der Waals surface area contributed by atoms with Gasteiger partial charge in [-0.3, -0.25) is 0 Å². The maximum atomic E-state index is 9.08. The molecule has 1 rings (SSSR count). The summed E-state index contributed by atoms with van der Waals surface area (Å²) in [5.74, 6) is 0.442.